The lowest BCUT2D eigenvalue weighted by Gasteiger charge is -2.35. The molecule has 0 aliphatic carbocycles. The number of rotatable bonds is 5. The van der Waals surface area contributed by atoms with Gasteiger partial charge in [-0.15, -0.1) is 0 Å². The van der Waals surface area contributed by atoms with Gasteiger partial charge >= 0.3 is 5.97 Å². The van der Waals surface area contributed by atoms with Gasteiger partial charge in [0.15, 0.2) is 0 Å². The van der Waals surface area contributed by atoms with Crippen molar-refractivity contribution in [1.29, 1.82) is 0 Å². The smallest absolute Gasteiger partial charge is 0.337 e. The summed E-state index contributed by atoms with van der Waals surface area (Å²) in [6.07, 6.45) is 3.27. The van der Waals surface area contributed by atoms with Gasteiger partial charge in [-0.1, -0.05) is 5.16 Å². The monoisotopic (exact) mass is 400 g/mol. The number of sulfonamides is 1. The van der Waals surface area contributed by atoms with Gasteiger partial charge in [0.1, 0.15) is 0 Å². The van der Waals surface area contributed by atoms with Gasteiger partial charge in [-0.25, -0.2) is 13.2 Å². The summed E-state index contributed by atoms with van der Waals surface area (Å²) >= 11 is 0. The third-order valence-corrected chi connectivity index (χ3v) is 6.34. The summed E-state index contributed by atoms with van der Waals surface area (Å²) in [5, 5.41) is 3.94. The average molecular weight is 400 g/mol. The predicted molar refractivity (Wildman–Crippen MR) is 96.8 cm³/mol. The van der Waals surface area contributed by atoms with E-state index in [2.05, 4.69) is 19.9 Å². The van der Waals surface area contributed by atoms with Gasteiger partial charge < -0.3 is 9.26 Å². The Hall–Kier alpha value is -3.11. The first-order valence-electron chi connectivity index (χ1n) is 8.41. The number of benzene rings is 1. The van der Waals surface area contributed by atoms with Crippen LogP contribution in [-0.2, 0) is 14.8 Å². The SMILES string of the molecule is COC(=O)c1ccc(S(=O)(=O)N2CC(c3nc(-c4ccncc4)no3)C2)cc1. The number of carbonyl (C=O) groups is 1. The Bertz CT molecular complexity index is 1090. The molecule has 4 rings (SSSR count). The third-order valence-electron chi connectivity index (χ3n) is 4.49. The standard InChI is InChI=1S/C18H16N4O5S/c1-26-18(23)13-2-4-15(5-3-13)28(24,25)22-10-14(11-22)17-20-16(21-27-17)12-6-8-19-9-7-12/h2-9,14H,10-11H2,1H3. The van der Waals surface area contributed by atoms with Gasteiger partial charge in [0, 0.05) is 31.0 Å². The van der Waals surface area contributed by atoms with Crippen LogP contribution in [0.25, 0.3) is 11.4 Å². The Morgan fingerprint density at radius 3 is 2.46 bits per heavy atom. The minimum atomic E-state index is -3.65. The van der Waals surface area contributed by atoms with Gasteiger partial charge in [-0.2, -0.15) is 9.29 Å². The topological polar surface area (TPSA) is 115 Å². The first-order valence-corrected chi connectivity index (χ1v) is 9.85. The molecule has 1 aromatic carbocycles. The van der Waals surface area contributed by atoms with Crippen molar-refractivity contribution in [2.75, 3.05) is 20.2 Å². The highest BCUT2D eigenvalue weighted by Crippen LogP contribution is 2.32. The quantitative estimate of drug-likeness (QED) is 0.594. The van der Waals surface area contributed by atoms with Crippen molar-refractivity contribution >= 4 is 16.0 Å². The fraction of sp³-hybridized carbons (Fsp3) is 0.222. The summed E-state index contributed by atoms with van der Waals surface area (Å²) in [4.78, 5) is 19.9. The molecule has 10 heteroatoms. The summed E-state index contributed by atoms with van der Waals surface area (Å²) in [6, 6.07) is 9.17. The van der Waals surface area contributed by atoms with E-state index in [1.54, 1.807) is 24.5 Å². The van der Waals surface area contributed by atoms with Crippen LogP contribution in [0.15, 0.2) is 58.2 Å². The van der Waals surface area contributed by atoms with E-state index in [4.69, 9.17) is 4.52 Å². The van der Waals surface area contributed by atoms with E-state index in [1.165, 1.54) is 35.7 Å². The fourth-order valence-corrected chi connectivity index (χ4v) is 4.37. The molecule has 1 fully saturated rings. The Morgan fingerprint density at radius 1 is 1.14 bits per heavy atom. The second kappa shape index (κ2) is 7.13. The molecule has 144 valence electrons. The predicted octanol–water partition coefficient (Wildman–Crippen LogP) is 1.71. The molecule has 0 unspecified atom stereocenters. The largest absolute Gasteiger partial charge is 0.465 e. The lowest BCUT2D eigenvalue weighted by atomic mass is 10.0. The van der Waals surface area contributed by atoms with Crippen LogP contribution < -0.4 is 0 Å². The average Bonchev–Trinajstić information content (AvgIpc) is 3.16. The normalized spacial score (nSPS) is 15.2. The molecule has 0 N–H and O–H groups in total. The van der Waals surface area contributed by atoms with Crippen molar-refractivity contribution in [2.24, 2.45) is 0 Å². The van der Waals surface area contributed by atoms with E-state index in [9.17, 15) is 13.2 Å². The summed E-state index contributed by atoms with van der Waals surface area (Å²) in [5.74, 6) is 0.165. The molecule has 1 saturated heterocycles. The van der Waals surface area contributed by atoms with Crippen LogP contribution in [0.1, 0.15) is 22.2 Å². The number of ether oxygens (including phenoxy) is 1. The Kier molecular flexibility index (Phi) is 4.65. The minimum Gasteiger partial charge on any atom is -0.465 e. The zero-order chi connectivity index (χ0) is 19.7. The van der Waals surface area contributed by atoms with E-state index >= 15 is 0 Å². The zero-order valence-corrected chi connectivity index (χ0v) is 15.7. The number of esters is 1. The molecule has 0 amide bonds. The highest BCUT2D eigenvalue weighted by molar-refractivity contribution is 7.89. The number of hydrogen-bond acceptors (Lipinski definition) is 8. The van der Waals surface area contributed by atoms with Crippen molar-refractivity contribution in [2.45, 2.75) is 10.8 Å². The fourth-order valence-electron chi connectivity index (χ4n) is 2.84. The maximum Gasteiger partial charge on any atom is 0.337 e. The Labute approximate surface area is 161 Å². The molecular weight excluding hydrogens is 384 g/mol. The second-order valence-electron chi connectivity index (χ2n) is 6.23. The van der Waals surface area contributed by atoms with E-state index in [1.807, 2.05) is 0 Å². The van der Waals surface area contributed by atoms with E-state index < -0.39 is 16.0 Å². The molecule has 1 aliphatic rings. The van der Waals surface area contributed by atoms with Crippen LogP contribution in [0.2, 0.25) is 0 Å². The minimum absolute atomic E-state index is 0.113. The van der Waals surface area contributed by atoms with Crippen LogP contribution >= 0.6 is 0 Å². The Balaban J connectivity index is 1.44. The van der Waals surface area contributed by atoms with Crippen LogP contribution in [-0.4, -0.2) is 54.0 Å². The summed E-state index contributed by atoms with van der Waals surface area (Å²) in [5.41, 5.74) is 1.07. The molecule has 9 nitrogen and oxygen atoms in total. The maximum atomic E-state index is 12.7. The molecule has 0 spiro atoms. The Morgan fingerprint density at radius 2 is 1.82 bits per heavy atom. The molecule has 2 aromatic heterocycles. The number of aromatic nitrogens is 3. The van der Waals surface area contributed by atoms with E-state index in [0.717, 1.165) is 5.56 Å². The molecule has 28 heavy (non-hydrogen) atoms. The van der Waals surface area contributed by atoms with Crippen molar-refractivity contribution in [3.8, 4) is 11.4 Å². The van der Waals surface area contributed by atoms with Gasteiger partial charge in [-0.3, -0.25) is 4.98 Å². The summed E-state index contributed by atoms with van der Waals surface area (Å²) in [6.45, 7) is 0.498. The number of methoxy groups -OCH3 is 1. The molecule has 1 aliphatic heterocycles. The third kappa shape index (κ3) is 3.27. The molecule has 0 radical (unpaired) electrons. The van der Waals surface area contributed by atoms with Crippen molar-refractivity contribution in [3.63, 3.8) is 0 Å². The number of hydrogen-bond donors (Lipinski definition) is 0. The van der Waals surface area contributed by atoms with Crippen molar-refractivity contribution in [1.82, 2.24) is 19.4 Å². The summed E-state index contributed by atoms with van der Waals surface area (Å²) in [7, 11) is -2.39. The molecule has 3 aromatic rings. The zero-order valence-electron chi connectivity index (χ0n) is 14.8. The lowest BCUT2D eigenvalue weighted by Crippen LogP contribution is -2.48. The van der Waals surface area contributed by atoms with Crippen LogP contribution in [0.5, 0.6) is 0 Å². The van der Waals surface area contributed by atoms with Gasteiger partial charge in [0.25, 0.3) is 0 Å². The van der Waals surface area contributed by atoms with Gasteiger partial charge in [0.2, 0.25) is 21.7 Å². The van der Waals surface area contributed by atoms with Gasteiger partial charge in [0.05, 0.1) is 23.5 Å². The first-order chi connectivity index (χ1) is 13.5. The van der Waals surface area contributed by atoms with Crippen LogP contribution in [0, 0.1) is 0 Å². The molecule has 0 saturated carbocycles. The number of carbonyl (C=O) groups excluding carboxylic acids is 1. The van der Waals surface area contributed by atoms with Crippen molar-refractivity contribution in [3.05, 3.63) is 60.2 Å². The van der Waals surface area contributed by atoms with Gasteiger partial charge in [-0.05, 0) is 36.4 Å². The molecule has 3 heterocycles. The van der Waals surface area contributed by atoms with E-state index in [-0.39, 0.29) is 29.5 Å². The molecule has 0 atom stereocenters. The molecule has 0 bridgehead atoms. The highest BCUT2D eigenvalue weighted by Gasteiger charge is 2.40. The maximum absolute atomic E-state index is 12.7. The number of nitrogens with zero attached hydrogens (tertiary/aromatic N) is 4. The first kappa shape index (κ1) is 18.3. The van der Waals surface area contributed by atoms with Crippen LogP contribution in [0.4, 0.5) is 0 Å². The van der Waals surface area contributed by atoms with Crippen LogP contribution in [0.3, 0.4) is 0 Å². The lowest BCUT2D eigenvalue weighted by molar-refractivity contribution is 0.0600. The van der Waals surface area contributed by atoms with E-state index in [0.29, 0.717) is 11.7 Å². The highest BCUT2D eigenvalue weighted by atomic mass is 32.2. The van der Waals surface area contributed by atoms with Crippen molar-refractivity contribution < 1.29 is 22.5 Å². The molecular formula is C18H16N4O5S. The second-order valence-corrected chi connectivity index (χ2v) is 8.16. The number of pyridine rings is 1. The summed E-state index contributed by atoms with van der Waals surface area (Å²) < 4.78 is 36.6.